The lowest BCUT2D eigenvalue weighted by Gasteiger charge is -2.19. The molecule has 0 aliphatic heterocycles. The van der Waals surface area contributed by atoms with Crippen LogP contribution >= 0.6 is 0 Å². The predicted octanol–water partition coefficient (Wildman–Crippen LogP) is 3.72. The number of nitrogens with zero attached hydrogens (tertiary/aromatic N) is 2. The summed E-state index contributed by atoms with van der Waals surface area (Å²) in [5, 5.41) is 22.8. The molecule has 0 saturated heterocycles. The Morgan fingerprint density at radius 3 is 2.12 bits per heavy atom. The molecule has 0 radical (unpaired) electrons. The molecule has 0 spiro atoms. The van der Waals surface area contributed by atoms with Gasteiger partial charge in [-0.3, -0.25) is 9.36 Å². The van der Waals surface area contributed by atoms with Crippen LogP contribution in [-0.4, -0.2) is 20.6 Å². The minimum absolute atomic E-state index is 0.0106. The molecule has 2 N–H and O–H groups in total. The highest BCUT2D eigenvalue weighted by Crippen LogP contribution is 2.32. The van der Waals surface area contributed by atoms with Gasteiger partial charge in [-0.1, -0.05) is 53.7 Å². The molecule has 126 valence electrons. The number of rotatable bonds is 3. The van der Waals surface area contributed by atoms with E-state index in [1.54, 1.807) is 6.92 Å². The zero-order valence-corrected chi connectivity index (χ0v) is 14.0. The first-order valence-electron chi connectivity index (χ1n) is 7.84. The Morgan fingerprint density at radius 2 is 1.56 bits per heavy atom. The van der Waals surface area contributed by atoms with Gasteiger partial charge in [-0.2, -0.15) is 0 Å². The van der Waals surface area contributed by atoms with Gasteiger partial charge in [0.1, 0.15) is 11.3 Å². The van der Waals surface area contributed by atoms with Gasteiger partial charge in [0.15, 0.2) is 0 Å². The largest absolute Gasteiger partial charge is 0.507 e. The lowest BCUT2D eigenvalue weighted by molar-refractivity contribution is 0.318. The Labute approximate surface area is 145 Å². The molecule has 0 atom stereocenters. The van der Waals surface area contributed by atoms with Crippen LogP contribution in [0.15, 0.2) is 70.6 Å². The lowest BCUT2D eigenvalue weighted by atomic mass is 10.0. The van der Waals surface area contributed by atoms with Gasteiger partial charge in [0.05, 0.1) is 11.4 Å². The summed E-state index contributed by atoms with van der Waals surface area (Å²) in [6, 6.07) is 18.6. The zero-order valence-electron chi connectivity index (χ0n) is 14.0. The van der Waals surface area contributed by atoms with Gasteiger partial charge in [-0.05, 0) is 31.5 Å². The fraction of sp³-hybridized carbons (Fsp3) is 0.100. The van der Waals surface area contributed by atoms with E-state index in [2.05, 4.69) is 5.16 Å². The van der Waals surface area contributed by atoms with Gasteiger partial charge in [0, 0.05) is 11.3 Å². The zero-order chi connectivity index (χ0) is 18.0. The van der Waals surface area contributed by atoms with E-state index in [-0.39, 0.29) is 17.0 Å². The normalized spacial score (nSPS) is 11.5. The van der Waals surface area contributed by atoms with Crippen molar-refractivity contribution in [3.63, 3.8) is 0 Å². The lowest BCUT2D eigenvalue weighted by Crippen LogP contribution is -2.27. The molecule has 1 aromatic heterocycles. The van der Waals surface area contributed by atoms with Crippen LogP contribution in [0.2, 0.25) is 0 Å². The Kier molecular flexibility index (Phi) is 4.39. The van der Waals surface area contributed by atoms with E-state index in [0.717, 1.165) is 5.56 Å². The Bertz CT molecular complexity index is 991. The van der Waals surface area contributed by atoms with Crippen molar-refractivity contribution in [2.24, 2.45) is 5.16 Å². The van der Waals surface area contributed by atoms with E-state index in [1.807, 2.05) is 60.7 Å². The summed E-state index contributed by atoms with van der Waals surface area (Å²) in [6.07, 6.45) is 0. The average Bonchev–Trinajstić information content (AvgIpc) is 2.65. The number of benzene rings is 2. The molecule has 1 heterocycles. The summed E-state index contributed by atoms with van der Waals surface area (Å²) >= 11 is 0. The first-order valence-corrected chi connectivity index (χ1v) is 7.84. The summed E-state index contributed by atoms with van der Waals surface area (Å²) in [6.45, 7) is 3.22. The minimum atomic E-state index is -0.441. The molecule has 0 aliphatic rings. The highest BCUT2D eigenvalue weighted by atomic mass is 16.4. The second kappa shape index (κ2) is 6.65. The Balaban J connectivity index is 2.49. The Morgan fingerprint density at radius 1 is 1.00 bits per heavy atom. The van der Waals surface area contributed by atoms with Gasteiger partial charge in [0.25, 0.3) is 5.56 Å². The fourth-order valence-corrected chi connectivity index (χ4v) is 2.92. The molecule has 0 aliphatic carbocycles. The molecule has 5 nitrogen and oxygen atoms in total. The number of aromatic nitrogens is 1. The molecule has 5 heteroatoms. The summed E-state index contributed by atoms with van der Waals surface area (Å²) in [7, 11) is 0. The van der Waals surface area contributed by atoms with E-state index >= 15 is 0 Å². The third-order valence-electron chi connectivity index (χ3n) is 4.16. The van der Waals surface area contributed by atoms with Crippen LogP contribution in [0, 0.1) is 6.92 Å². The van der Waals surface area contributed by atoms with Crippen LogP contribution in [0.25, 0.3) is 16.9 Å². The van der Waals surface area contributed by atoms with Crippen LogP contribution in [0.1, 0.15) is 18.1 Å². The van der Waals surface area contributed by atoms with Gasteiger partial charge < -0.3 is 10.3 Å². The molecule has 0 saturated carbocycles. The number of oxime groups is 1. The van der Waals surface area contributed by atoms with Crippen molar-refractivity contribution in [3.05, 3.63) is 82.1 Å². The van der Waals surface area contributed by atoms with E-state index in [9.17, 15) is 9.90 Å². The highest BCUT2D eigenvalue weighted by Gasteiger charge is 2.22. The number of hydrogen-bond donors (Lipinski definition) is 2. The van der Waals surface area contributed by atoms with Crippen molar-refractivity contribution < 1.29 is 10.3 Å². The van der Waals surface area contributed by atoms with Crippen LogP contribution in [0.4, 0.5) is 0 Å². The van der Waals surface area contributed by atoms with Crippen LogP contribution in [0.3, 0.4) is 0 Å². The highest BCUT2D eigenvalue weighted by molar-refractivity contribution is 6.01. The topological polar surface area (TPSA) is 74.8 Å². The summed E-state index contributed by atoms with van der Waals surface area (Å²) < 4.78 is 1.54. The number of hydrogen-bond acceptors (Lipinski definition) is 4. The van der Waals surface area contributed by atoms with Crippen LogP contribution in [0.5, 0.6) is 5.75 Å². The number of para-hydroxylation sites is 1. The molecular formula is C20H18N2O3. The van der Waals surface area contributed by atoms with Crippen molar-refractivity contribution in [2.75, 3.05) is 0 Å². The molecule has 0 amide bonds. The molecule has 2 aromatic carbocycles. The van der Waals surface area contributed by atoms with Gasteiger partial charge in [0.2, 0.25) is 0 Å². The molecule has 0 fully saturated rings. The molecule has 0 unspecified atom stereocenters. The minimum Gasteiger partial charge on any atom is -0.507 e. The maximum Gasteiger partial charge on any atom is 0.268 e. The number of pyridine rings is 1. The summed E-state index contributed by atoms with van der Waals surface area (Å²) in [5.41, 5.74) is 2.22. The van der Waals surface area contributed by atoms with E-state index in [1.165, 1.54) is 11.5 Å². The predicted molar refractivity (Wildman–Crippen MR) is 97.9 cm³/mol. The average molecular weight is 334 g/mol. The third-order valence-corrected chi connectivity index (χ3v) is 4.16. The summed E-state index contributed by atoms with van der Waals surface area (Å²) in [5.74, 6) is -0.175. The van der Waals surface area contributed by atoms with E-state index in [0.29, 0.717) is 16.9 Å². The molecular weight excluding hydrogens is 316 g/mol. The maximum absolute atomic E-state index is 13.1. The van der Waals surface area contributed by atoms with Crippen LogP contribution < -0.4 is 5.56 Å². The van der Waals surface area contributed by atoms with Crippen molar-refractivity contribution in [1.82, 2.24) is 4.57 Å². The monoisotopic (exact) mass is 334 g/mol. The van der Waals surface area contributed by atoms with Crippen molar-refractivity contribution in [2.45, 2.75) is 13.8 Å². The van der Waals surface area contributed by atoms with Crippen molar-refractivity contribution >= 4 is 5.71 Å². The molecule has 3 aromatic rings. The molecule has 25 heavy (non-hydrogen) atoms. The summed E-state index contributed by atoms with van der Waals surface area (Å²) in [4.78, 5) is 13.1. The third kappa shape index (κ3) is 2.80. The second-order valence-corrected chi connectivity index (χ2v) is 5.72. The van der Waals surface area contributed by atoms with Crippen molar-refractivity contribution in [3.8, 4) is 22.7 Å². The number of aromatic hydroxyl groups is 1. The Hall–Kier alpha value is -3.34. The van der Waals surface area contributed by atoms with E-state index in [4.69, 9.17) is 5.21 Å². The van der Waals surface area contributed by atoms with Gasteiger partial charge in [-0.15, -0.1) is 0 Å². The molecule has 0 bridgehead atoms. The van der Waals surface area contributed by atoms with Gasteiger partial charge in [-0.25, -0.2) is 0 Å². The second-order valence-electron chi connectivity index (χ2n) is 5.72. The quantitative estimate of drug-likeness (QED) is 0.435. The smallest absolute Gasteiger partial charge is 0.268 e. The first-order chi connectivity index (χ1) is 12.1. The van der Waals surface area contributed by atoms with Gasteiger partial charge >= 0.3 is 0 Å². The molecule has 3 rings (SSSR count). The van der Waals surface area contributed by atoms with Crippen LogP contribution in [-0.2, 0) is 0 Å². The van der Waals surface area contributed by atoms with Crippen molar-refractivity contribution in [1.29, 1.82) is 0 Å². The maximum atomic E-state index is 13.1. The first kappa shape index (κ1) is 16.5. The standard InChI is InChI=1S/C20H18N2O3/c1-13-18(15-9-5-3-6-10-15)22(16-11-7-4-8-12-16)20(24)17(19(13)23)14(2)21-25/h3-12,23,25H,1-2H3/b21-14-. The van der Waals surface area contributed by atoms with E-state index < -0.39 is 5.56 Å². The SMILES string of the molecule is C/C(=N/O)c1c(O)c(C)c(-c2ccccc2)n(-c2ccccc2)c1=O. The fourth-order valence-electron chi connectivity index (χ4n) is 2.92.